The summed E-state index contributed by atoms with van der Waals surface area (Å²) >= 11 is 0. The minimum atomic E-state index is -0.523. The maximum atomic E-state index is 12.4. The standard InChI is InChI=1S/C19H22N2O3/c1-12-4-6-14(7-5-12)17-10-15(8-9-16(17)18(20)22)19(23)21-13(2)11-24-3/h4-10,13H,11H2,1-3H3,(H2,20,22)(H,21,23). The lowest BCUT2D eigenvalue weighted by atomic mass is 9.96. The van der Waals surface area contributed by atoms with Crippen molar-refractivity contribution < 1.29 is 14.3 Å². The summed E-state index contributed by atoms with van der Waals surface area (Å²) in [4.78, 5) is 24.1. The van der Waals surface area contributed by atoms with Crippen molar-refractivity contribution in [3.05, 3.63) is 59.2 Å². The van der Waals surface area contributed by atoms with Crippen LogP contribution in [-0.4, -0.2) is 31.6 Å². The second kappa shape index (κ2) is 7.75. The highest BCUT2D eigenvalue weighted by Crippen LogP contribution is 2.25. The van der Waals surface area contributed by atoms with E-state index in [1.165, 1.54) is 0 Å². The van der Waals surface area contributed by atoms with Crippen molar-refractivity contribution in [3.8, 4) is 11.1 Å². The minimum Gasteiger partial charge on any atom is -0.383 e. The number of nitrogens with one attached hydrogen (secondary N) is 1. The third-order valence-electron chi connectivity index (χ3n) is 3.70. The van der Waals surface area contributed by atoms with E-state index in [1.54, 1.807) is 25.3 Å². The molecule has 0 spiro atoms. The number of hydrogen-bond donors (Lipinski definition) is 2. The van der Waals surface area contributed by atoms with Gasteiger partial charge in [-0.2, -0.15) is 0 Å². The molecule has 2 aromatic rings. The van der Waals surface area contributed by atoms with Gasteiger partial charge in [-0.05, 0) is 43.2 Å². The van der Waals surface area contributed by atoms with Gasteiger partial charge in [0, 0.05) is 24.3 Å². The Hall–Kier alpha value is -2.66. The molecule has 126 valence electrons. The summed E-state index contributed by atoms with van der Waals surface area (Å²) in [5, 5.41) is 2.85. The van der Waals surface area contributed by atoms with Gasteiger partial charge in [0.25, 0.3) is 5.91 Å². The quantitative estimate of drug-likeness (QED) is 0.856. The van der Waals surface area contributed by atoms with Crippen LogP contribution in [0.25, 0.3) is 11.1 Å². The Bertz CT molecular complexity index is 739. The maximum absolute atomic E-state index is 12.4. The molecule has 0 aliphatic rings. The van der Waals surface area contributed by atoms with Gasteiger partial charge in [0.1, 0.15) is 0 Å². The molecule has 2 aromatic carbocycles. The van der Waals surface area contributed by atoms with Gasteiger partial charge in [-0.1, -0.05) is 29.8 Å². The lowest BCUT2D eigenvalue weighted by Crippen LogP contribution is -2.35. The van der Waals surface area contributed by atoms with E-state index >= 15 is 0 Å². The first kappa shape index (κ1) is 17.7. The zero-order chi connectivity index (χ0) is 17.7. The van der Waals surface area contributed by atoms with Crippen LogP contribution in [0, 0.1) is 6.92 Å². The zero-order valence-electron chi connectivity index (χ0n) is 14.1. The topological polar surface area (TPSA) is 81.4 Å². The van der Waals surface area contributed by atoms with Crippen LogP contribution in [0.15, 0.2) is 42.5 Å². The summed E-state index contributed by atoms with van der Waals surface area (Å²) in [6.07, 6.45) is 0. The van der Waals surface area contributed by atoms with Gasteiger partial charge in [0.15, 0.2) is 0 Å². The number of hydrogen-bond acceptors (Lipinski definition) is 3. The molecule has 1 atom stereocenters. The van der Waals surface area contributed by atoms with E-state index in [-0.39, 0.29) is 11.9 Å². The Kier molecular flexibility index (Phi) is 5.71. The van der Waals surface area contributed by atoms with Crippen LogP contribution in [-0.2, 0) is 4.74 Å². The highest BCUT2D eigenvalue weighted by Gasteiger charge is 2.15. The van der Waals surface area contributed by atoms with Crippen molar-refractivity contribution in [1.82, 2.24) is 5.32 Å². The number of ether oxygens (including phenoxy) is 1. The SMILES string of the molecule is COCC(C)NC(=O)c1ccc(C(N)=O)c(-c2ccc(C)cc2)c1. The van der Waals surface area contributed by atoms with Crippen molar-refractivity contribution in [2.24, 2.45) is 5.73 Å². The largest absolute Gasteiger partial charge is 0.383 e. The van der Waals surface area contributed by atoms with E-state index in [4.69, 9.17) is 10.5 Å². The lowest BCUT2D eigenvalue weighted by molar-refractivity contribution is 0.0904. The second-order valence-corrected chi connectivity index (χ2v) is 5.82. The molecule has 0 heterocycles. The van der Waals surface area contributed by atoms with Crippen LogP contribution in [0.3, 0.4) is 0 Å². The molecule has 0 bridgehead atoms. The van der Waals surface area contributed by atoms with Gasteiger partial charge in [-0.15, -0.1) is 0 Å². The molecule has 0 radical (unpaired) electrons. The molecule has 3 N–H and O–H groups in total. The first-order chi connectivity index (χ1) is 11.4. The van der Waals surface area contributed by atoms with Crippen LogP contribution in [0.5, 0.6) is 0 Å². The molecule has 0 aliphatic carbocycles. The smallest absolute Gasteiger partial charge is 0.251 e. The van der Waals surface area contributed by atoms with Crippen LogP contribution < -0.4 is 11.1 Å². The third kappa shape index (κ3) is 4.20. The fraction of sp³-hybridized carbons (Fsp3) is 0.263. The highest BCUT2D eigenvalue weighted by molar-refractivity contribution is 6.03. The third-order valence-corrected chi connectivity index (χ3v) is 3.70. The molecule has 0 saturated carbocycles. The molecule has 2 rings (SSSR count). The molecule has 0 aliphatic heterocycles. The van der Waals surface area contributed by atoms with E-state index in [2.05, 4.69) is 5.32 Å². The number of carbonyl (C=O) groups excluding carboxylic acids is 2. The normalized spacial score (nSPS) is 11.8. The van der Waals surface area contributed by atoms with Gasteiger partial charge in [0.05, 0.1) is 6.61 Å². The van der Waals surface area contributed by atoms with E-state index in [0.29, 0.717) is 23.3 Å². The van der Waals surface area contributed by atoms with Gasteiger partial charge < -0.3 is 15.8 Å². The first-order valence-electron chi connectivity index (χ1n) is 7.73. The number of primary amides is 1. The average molecular weight is 326 g/mol. The van der Waals surface area contributed by atoms with Crippen molar-refractivity contribution in [2.75, 3.05) is 13.7 Å². The number of methoxy groups -OCH3 is 1. The molecular weight excluding hydrogens is 304 g/mol. The van der Waals surface area contributed by atoms with Crippen LogP contribution in [0.4, 0.5) is 0 Å². The maximum Gasteiger partial charge on any atom is 0.251 e. The zero-order valence-corrected chi connectivity index (χ0v) is 14.1. The summed E-state index contributed by atoms with van der Waals surface area (Å²) in [5.74, 6) is -0.741. The lowest BCUT2D eigenvalue weighted by Gasteiger charge is -2.14. The van der Waals surface area contributed by atoms with Gasteiger partial charge >= 0.3 is 0 Å². The fourth-order valence-electron chi connectivity index (χ4n) is 2.47. The van der Waals surface area contributed by atoms with Gasteiger partial charge in [0.2, 0.25) is 5.91 Å². The molecule has 5 heteroatoms. The Labute approximate surface area is 141 Å². The molecule has 0 aromatic heterocycles. The summed E-state index contributed by atoms with van der Waals surface area (Å²) in [6, 6.07) is 12.5. The number of rotatable bonds is 6. The molecule has 0 saturated heterocycles. The average Bonchev–Trinajstić information content (AvgIpc) is 2.55. The first-order valence-corrected chi connectivity index (χ1v) is 7.73. The number of aryl methyl sites for hydroxylation is 1. The Morgan fingerprint density at radius 1 is 1.17 bits per heavy atom. The summed E-state index contributed by atoms with van der Waals surface area (Å²) in [6.45, 7) is 4.27. The summed E-state index contributed by atoms with van der Waals surface area (Å²) in [5.41, 5.74) is 8.93. The Morgan fingerprint density at radius 3 is 2.42 bits per heavy atom. The van der Waals surface area contributed by atoms with Crippen molar-refractivity contribution in [2.45, 2.75) is 19.9 Å². The van der Waals surface area contributed by atoms with Crippen molar-refractivity contribution in [1.29, 1.82) is 0 Å². The van der Waals surface area contributed by atoms with Crippen LogP contribution >= 0.6 is 0 Å². The highest BCUT2D eigenvalue weighted by atomic mass is 16.5. The minimum absolute atomic E-state index is 0.110. The van der Waals surface area contributed by atoms with Gasteiger partial charge in [-0.25, -0.2) is 0 Å². The molecule has 2 amide bonds. The number of nitrogens with two attached hydrogens (primary N) is 1. The molecule has 24 heavy (non-hydrogen) atoms. The van der Waals surface area contributed by atoms with Gasteiger partial charge in [-0.3, -0.25) is 9.59 Å². The molecule has 5 nitrogen and oxygen atoms in total. The Morgan fingerprint density at radius 2 is 1.83 bits per heavy atom. The fourth-order valence-corrected chi connectivity index (χ4v) is 2.47. The predicted octanol–water partition coefficient (Wildman–Crippen LogP) is 2.53. The van der Waals surface area contributed by atoms with E-state index in [0.717, 1.165) is 11.1 Å². The van der Waals surface area contributed by atoms with Crippen LogP contribution in [0.1, 0.15) is 33.2 Å². The Balaban J connectivity index is 2.39. The van der Waals surface area contributed by atoms with Crippen molar-refractivity contribution >= 4 is 11.8 Å². The van der Waals surface area contributed by atoms with E-state index in [9.17, 15) is 9.59 Å². The number of amides is 2. The molecular formula is C19H22N2O3. The number of carbonyl (C=O) groups is 2. The molecule has 1 unspecified atom stereocenters. The predicted molar refractivity (Wildman–Crippen MR) is 93.9 cm³/mol. The van der Waals surface area contributed by atoms with Crippen LogP contribution in [0.2, 0.25) is 0 Å². The van der Waals surface area contributed by atoms with E-state index in [1.807, 2.05) is 38.1 Å². The second-order valence-electron chi connectivity index (χ2n) is 5.82. The monoisotopic (exact) mass is 326 g/mol. The molecule has 0 fully saturated rings. The number of benzene rings is 2. The summed E-state index contributed by atoms with van der Waals surface area (Å²) in [7, 11) is 1.58. The van der Waals surface area contributed by atoms with E-state index < -0.39 is 5.91 Å². The van der Waals surface area contributed by atoms with Crippen molar-refractivity contribution in [3.63, 3.8) is 0 Å². The summed E-state index contributed by atoms with van der Waals surface area (Å²) < 4.78 is 5.02.